The van der Waals surface area contributed by atoms with Crippen molar-refractivity contribution >= 4 is 29.8 Å². The summed E-state index contributed by atoms with van der Waals surface area (Å²) in [5.41, 5.74) is 19.7. The van der Waals surface area contributed by atoms with Crippen molar-refractivity contribution in [1.29, 1.82) is 0 Å². The minimum atomic E-state index is -0.968. The molecule has 1 aliphatic rings. The number of carbonyl (C=O) groups is 5. The molecule has 0 aromatic rings. The van der Waals surface area contributed by atoms with E-state index < -0.39 is 41.9 Å². The maximum atomic E-state index is 10.2. The molecule has 0 aromatic heterocycles. The molecule has 0 unspecified atom stereocenters. The van der Waals surface area contributed by atoms with E-state index in [2.05, 4.69) is 16.8 Å². The fourth-order valence-corrected chi connectivity index (χ4v) is 1.89. The highest BCUT2D eigenvalue weighted by molar-refractivity contribution is 5.74. The van der Waals surface area contributed by atoms with Gasteiger partial charge in [0.25, 0.3) is 0 Å². The molecule has 0 saturated carbocycles. The van der Waals surface area contributed by atoms with Gasteiger partial charge in [-0.05, 0) is 31.2 Å². The first kappa shape index (κ1) is 40.3. The largest absolute Gasteiger partial charge is 0.480 e. The summed E-state index contributed by atoms with van der Waals surface area (Å²) in [6, 6.07) is -1.67. The van der Waals surface area contributed by atoms with Gasteiger partial charge in [0, 0.05) is 0 Å². The second kappa shape index (κ2) is 25.2. The summed E-state index contributed by atoms with van der Waals surface area (Å²) in [4.78, 5) is 49.0. The standard InChI is InChI=1S/2C6H13NO2.C5H9NO2.2C2H5NO2/c2*1-3-4(2)5(7)6(8)9;7-5(8)4-2-1-3-6-4;2*3-1-2(4)5/h2*4-5H,3,7H2,1-2H3,(H,8,9);4,6H,1-3H2,(H,7,8);2*1,3H2,(H,4,5)/t2*4-,5-;4-;;/m000../s1. The maximum absolute atomic E-state index is 10.2. The van der Waals surface area contributed by atoms with Gasteiger partial charge in [-0.1, -0.05) is 40.5 Å². The molecule has 0 amide bonds. The van der Waals surface area contributed by atoms with Gasteiger partial charge in [-0.3, -0.25) is 24.0 Å². The Balaban J connectivity index is -0.000000182. The van der Waals surface area contributed by atoms with Crippen molar-refractivity contribution in [3.63, 3.8) is 0 Å². The molecule has 0 bridgehead atoms. The molecule has 5 atom stereocenters. The molecule has 1 saturated heterocycles. The van der Waals surface area contributed by atoms with Crippen LogP contribution in [0, 0.1) is 11.8 Å². The molecule has 15 heteroatoms. The molecule has 1 aliphatic heterocycles. The van der Waals surface area contributed by atoms with E-state index in [1.807, 2.05) is 27.7 Å². The third-order valence-corrected chi connectivity index (χ3v) is 4.79. The Kier molecular flexibility index (Phi) is 28.3. The Labute approximate surface area is 211 Å². The van der Waals surface area contributed by atoms with Crippen LogP contribution in [0.5, 0.6) is 0 Å². The zero-order valence-corrected chi connectivity index (χ0v) is 21.4. The minimum Gasteiger partial charge on any atom is -0.480 e. The second-order valence-electron chi connectivity index (χ2n) is 7.68. The van der Waals surface area contributed by atoms with Crippen molar-refractivity contribution in [2.24, 2.45) is 34.8 Å². The first-order chi connectivity index (χ1) is 16.5. The SMILES string of the molecule is CC[C@H](C)[C@H](N)C(=O)O.CC[C@H](C)[C@H](N)C(=O)O.NCC(=O)O.NCC(=O)O.O=C(O)[C@@H]1CCCN1. The van der Waals surface area contributed by atoms with Crippen molar-refractivity contribution in [2.75, 3.05) is 19.6 Å². The Hall–Kier alpha value is -2.85. The topological polar surface area (TPSA) is 303 Å². The maximum Gasteiger partial charge on any atom is 0.320 e. The van der Waals surface area contributed by atoms with Crippen LogP contribution in [0.1, 0.15) is 53.4 Å². The van der Waals surface area contributed by atoms with Crippen LogP contribution in [0.2, 0.25) is 0 Å². The Morgan fingerprint density at radius 1 is 0.778 bits per heavy atom. The Morgan fingerprint density at radius 3 is 1.17 bits per heavy atom. The number of aliphatic carboxylic acids is 5. The molecule has 214 valence electrons. The van der Waals surface area contributed by atoms with Gasteiger partial charge in [-0.25, -0.2) is 0 Å². The van der Waals surface area contributed by atoms with E-state index >= 15 is 0 Å². The third-order valence-electron chi connectivity index (χ3n) is 4.79. The van der Waals surface area contributed by atoms with Gasteiger partial charge in [0.15, 0.2) is 0 Å². The van der Waals surface area contributed by atoms with Crippen molar-refractivity contribution in [3.05, 3.63) is 0 Å². The van der Waals surface area contributed by atoms with Gasteiger partial charge in [-0.2, -0.15) is 0 Å². The van der Waals surface area contributed by atoms with E-state index in [1.165, 1.54) is 0 Å². The van der Waals surface area contributed by atoms with Crippen LogP contribution in [-0.2, 0) is 24.0 Å². The molecule has 1 rings (SSSR count). The van der Waals surface area contributed by atoms with Crippen LogP contribution in [-0.4, -0.2) is 93.1 Å². The number of nitrogens with one attached hydrogen (secondary N) is 1. The number of hydrogen-bond donors (Lipinski definition) is 10. The molecular weight excluding hydrogens is 482 g/mol. The number of carboxylic acid groups (broad SMARTS) is 5. The molecular formula is C21H45N5O10. The molecule has 15 nitrogen and oxygen atoms in total. The zero-order chi connectivity index (χ0) is 29.4. The number of rotatable bonds is 9. The van der Waals surface area contributed by atoms with Gasteiger partial charge >= 0.3 is 29.8 Å². The molecule has 1 fully saturated rings. The summed E-state index contributed by atoms with van der Waals surface area (Å²) in [6.45, 7) is 7.81. The summed E-state index contributed by atoms with van der Waals surface area (Å²) < 4.78 is 0. The second-order valence-corrected chi connectivity index (χ2v) is 7.68. The summed E-state index contributed by atoms with van der Waals surface area (Å²) in [6.07, 6.45) is 3.41. The predicted octanol–water partition coefficient (Wildman–Crippen LogP) is -1.23. The van der Waals surface area contributed by atoms with Crippen LogP contribution < -0.4 is 28.3 Å². The average molecular weight is 528 g/mol. The average Bonchev–Trinajstić information content (AvgIpc) is 3.38. The molecule has 1 heterocycles. The van der Waals surface area contributed by atoms with E-state index in [0.29, 0.717) is 0 Å². The van der Waals surface area contributed by atoms with Gasteiger partial charge in [0.1, 0.15) is 18.1 Å². The highest BCUT2D eigenvalue weighted by Gasteiger charge is 2.20. The number of hydrogen-bond acceptors (Lipinski definition) is 10. The summed E-state index contributed by atoms with van der Waals surface area (Å²) in [7, 11) is 0. The highest BCUT2D eigenvalue weighted by atomic mass is 16.4. The van der Waals surface area contributed by atoms with Crippen LogP contribution in [0.4, 0.5) is 0 Å². The normalized spacial score (nSPS) is 16.7. The number of carboxylic acids is 5. The van der Waals surface area contributed by atoms with Crippen molar-refractivity contribution in [2.45, 2.75) is 71.5 Å². The van der Waals surface area contributed by atoms with Gasteiger partial charge < -0.3 is 53.8 Å². The van der Waals surface area contributed by atoms with Crippen molar-refractivity contribution in [1.82, 2.24) is 5.32 Å². The van der Waals surface area contributed by atoms with Gasteiger partial charge in [0.05, 0.1) is 13.1 Å². The van der Waals surface area contributed by atoms with Crippen molar-refractivity contribution in [3.8, 4) is 0 Å². The number of nitrogens with two attached hydrogens (primary N) is 4. The van der Waals surface area contributed by atoms with Crippen LogP contribution >= 0.6 is 0 Å². The summed E-state index contributed by atoms with van der Waals surface area (Å²) in [5.74, 6) is -4.34. The Morgan fingerprint density at radius 2 is 1.08 bits per heavy atom. The fraction of sp³-hybridized carbons (Fsp3) is 0.762. The smallest absolute Gasteiger partial charge is 0.320 e. The van der Waals surface area contributed by atoms with E-state index in [1.54, 1.807) is 0 Å². The first-order valence-electron chi connectivity index (χ1n) is 11.3. The summed E-state index contributed by atoms with van der Waals surface area (Å²) >= 11 is 0. The van der Waals surface area contributed by atoms with Crippen LogP contribution in [0.25, 0.3) is 0 Å². The van der Waals surface area contributed by atoms with E-state index in [-0.39, 0.29) is 31.0 Å². The monoisotopic (exact) mass is 527 g/mol. The van der Waals surface area contributed by atoms with Gasteiger partial charge in [0.2, 0.25) is 0 Å². The lowest BCUT2D eigenvalue weighted by molar-refractivity contribution is -0.140. The molecule has 0 aromatic carbocycles. The lowest BCUT2D eigenvalue weighted by atomic mass is 10.0. The van der Waals surface area contributed by atoms with E-state index in [4.69, 9.17) is 37.0 Å². The molecule has 0 radical (unpaired) electrons. The molecule has 0 aliphatic carbocycles. The van der Waals surface area contributed by atoms with Gasteiger partial charge in [-0.15, -0.1) is 0 Å². The highest BCUT2D eigenvalue weighted by Crippen LogP contribution is 2.05. The lowest BCUT2D eigenvalue weighted by Crippen LogP contribution is -2.36. The van der Waals surface area contributed by atoms with Crippen molar-refractivity contribution < 1.29 is 49.5 Å². The minimum absolute atomic E-state index is 0.0718. The van der Waals surface area contributed by atoms with Crippen LogP contribution in [0.3, 0.4) is 0 Å². The quantitative estimate of drug-likeness (QED) is 0.168. The predicted molar refractivity (Wildman–Crippen MR) is 132 cm³/mol. The van der Waals surface area contributed by atoms with E-state index in [0.717, 1.165) is 32.2 Å². The zero-order valence-electron chi connectivity index (χ0n) is 21.4. The molecule has 0 spiro atoms. The fourth-order valence-electron chi connectivity index (χ4n) is 1.89. The molecule has 36 heavy (non-hydrogen) atoms. The first-order valence-corrected chi connectivity index (χ1v) is 11.3. The third kappa shape index (κ3) is 27.4. The summed E-state index contributed by atoms with van der Waals surface area (Å²) in [5, 5.41) is 43.1. The Bertz CT molecular complexity index is 590. The van der Waals surface area contributed by atoms with Crippen LogP contribution in [0.15, 0.2) is 0 Å². The van der Waals surface area contributed by atoms with E-state index in [9.17, 15) is 24.0 Å². The molecule has 14 N–H and O–H groups in total. The lowest BCUT2D eigenvalue weighted by Gasteiger charge is -2.11.